The lowest BCUT2D eigenvalue weighted by Gasteiger charge is -2.13. The van der Waals surface area contributed by atoms with E-state index >= 15 is 0 Å². The molecular formula is C14H17N3O4. The summed E-state index contributed by atoms with van der Waals surface area (Å²) >= 11 is 0. The molecule has 1 aromatic rings. The Hall–Kier alpha value is -2.44. The SMILES string of the molecule is CCN1C(=O)C(=O)N(CC(=O)c2cc(C)n(C)c2C)C1=O. The van der Waals surface area contributed by atoms with Gasteiger partial charge in [0.15, 0.2) is 5.78 Å². The number of aryl methyl sites for hydroxylation is 1. The summed E-state index contributed by atoms with van der Waals surface area (Å²) in [6.07, 6.45) is 0. The van der Waals surface area contributed by atoms with Gasteiger partial charge in [0.05, 0.1) is 6.54 Å². The van der Waals surface area contributed by atoms with E-state index in [4.69, 9.17) is 0 Å². The molecule has 0 aromatic carbocycles. The molecular weight excluding hydrogens is 274 g/mol. The molecule has 1 aliphatic rings. The Bertz CT molecular complexity index is 659. The molecule has 0 bridgehead atoms. The standard InChI is InChI=1S/C14H17N3O4/c1-5-16-12(19)13(20)17(14(16)21)7-11(18)10-6-8(2)15(4)9(10)3/h6H,5,7H2,1-4H3. The number of ketones is 1. The maximum absolute atomic E-state index is 12.3. The maximum atomic E-state index is 12.3. The number of rotatable bonds is 4. The highest BCUT2D eigenvalue weighted by atomic mass is 16.2. The number of carbonyl (C=O) groups is 4. The lowest BCUT2D eigenvalue weighted by molar-refractivity contribution is -0.143. The molecule has 0 spiro atoms. The second-order valence-corrected chi connectivity index (χ2v) is 4.99. The molecule has 4 amide bonds. The third-order valence-electron chi connectivity index (χ3n) is 3.83. The minimum atomic E-state index is -0.944. The molecule has 0 N–H and O–H groups in total. The van der Waals surface area contributed by atoms with Crippen LogP contribution in [-0.2, 0) is 16.6 Å². The van der Waals surface area contributed by atoms with Crippen LogP contribution in [0.25, 0.3) is 0 Å². The van der Waals surface area contributed by atoms with Gasteiger partial charge in [0, 0.05) is 30.5 Å². The van der Waals surface area contributed by atoms with Crippen LogP contribution in [-0.4, -0.2) is 51.1 Å². The predicted molar refractivity (Wildman–Crippen MR) is 73.7 cm³/mol. The van der Waals surface area contributed by atoms with Crippen LogP contribution < -0.4 is 0 Å². The van der Waals surface area contributed by atoms with E-state index in [1.807, 2.05) is 18.5 Å². The number of hydrogen-bond donors (Lipinski definition) is 0. The van der Waals surface area contributed by atoms with Gasteiger partial charge in [0.1, 0.15) is 0 Å². The third kappa shape index (κ3) is 2.24. The smallest absolute Gasteiger partial charge is 0.334 e. The molecule has 21 heavy (non-hydrogen) atoms. The van der Waals surface area contributed by atoms with Gasteiger partial charge in [-0.2, -0.15) is 0 Å². The highest BCUT2D eigenvalue weighted by Gasteiger charge is 2.44. The van der Waals surface area contributed by atoms with Gasteiger partial charge >= 0.3 is 17.8 Å². The molecule has 2 rings (SSSR count). The first-order valence-corrected chi connectivity index (χ1v) is 6.63. The third-order valence-corrected chi connectivity index (χ3v) is 3.83. The molecule has 0 atom stereocenters. The van der Waals surface area contributed by atoms with E-state index in [2.05, 4.69) is 0 Å². The topological polar surface area (TPSA) is 79.7 Å². The molecule has 1 fully saturated rings. The minimum absolute atomic E-state index is 0.109. The van der Waals surface area contributed by atoms with E-state index in [1.54, 1.807) is 19.9 Å². The van der Waals surface area contributed by atoms with Crippen molar-refractivity contribution in [2.45, 2.75) is 20.8 Å². The first-order valence-electron chi connectivity index (χ1n) is 6.63. The Labute approximate surface area is 122 Å². The monoisotopic (exact) mass is 291 g/mol. The highest BCUT2D eigenvalue weighted by molar-refractivity contribution is 6.45. The summed E-state index contributed by atoms with van der Waals surface area (Å²) in [7, 11) is 1.83. The fourth-order valence-electron chi connectivity index (χ4n) is 2.34. The molecule has 2 heterocycles. The second kappa shape index (κ2) is 5.16. The van der Waals surface area contributed by atoms with Crippen LogP contribution >= 0.6 is 0 Å². The number of Topliss-reactive ketones (excluding diaryl/α,β-unsaturated/α-hetero) is 1. The highest BCUT2D eigenvalue weighted by Crippen LogP contribution is 2.17. The number of likely N-dealkylation sites (N-methyl/N-ethyl adjacent to an activating group) is 1. The van der Waals surface area contributed by atoms with Crippen molar-refractivity contribution in [3.8, 4) is 0 Å². The van der Waals surface area contributed by atoms with Crippen molar-refractivity contribution in [3.05, 3.63) is 23.0 Å². The number of carbonyl (C=O) groups excluding carboxylic acids is 4. The fourth-order valence-corrected chi connectivity index (χ4v) is 2.34. The van der Waals surface area contributed by atoms with E-state index in [1.165, 1.54) is 0 Å². The van der Waals surface area contributed by atoms with Crippen molar-refractivity contribution in [1.29, 1.82) is 0 Å². The van der Waals surface area contributed by atoms with Crippen LogP contribution in [0.15, 0.2) is 6.07 Å². The number of nitrogens with zero attached hydrogens (tertiary/aromatic N) is 3. The number of imide groups is 2. The van der Waals surface area contributed by atoms with Gasteiger partial charge in [-0.1, -0.05) is 0 Å². The Morgan fingerprint density at radius 2 is 1.67 bits per heavy atom. The summed E-state index contributed by atoms with van der Waals surface area (Å²) < 4.78 is 1.85. The van der Waals surface area contributed by atoms with Crippen molar-refractivity contribution in [3.63, 3.8) is 0 Å². The lowest BCUT2D eigenvalue weighted by Crippen LogP contribution is -2.37. The van der Waals surface area contributed by atoms with Gasteiger partial charge in [-0.15, -0.1) is 0 Å². The van der Waals surface area contributed by atoms with Crippen molar-refractivity contribution in [2.75, 3.05) is 13.1 Å². The molecule has 0 unspecified atom stereocenters. The molecule has 0 radical (unpaired) electrons. The van der Waals surface area contributed by atoms with Gasteiger partial charge in [-0.05, 0) is 26.8 Å². The quantitative estimate of drug-likeness (QED) is 0.463. The van der Waals surface area contributed by atoms with Crippen molar-refractivity contribution in [2.24, 2.45) is 7.05 Å². The van der Waals surface area contributed by atoms with Gasteiger partial charge < -0.3 is 4.57 Å². The van der Waals surface area contributed by atoms with Crippen molar-refractivity contribution in [1.82, 2.24) is 14.4 Å². The second-order valence-electron chi connectivity index (χ2n) is 4.99. The zero-order chi connectivity index (χ0) is 15.9. The molecule has 1 saturated heterocycles. The fraction of sp³-hybridized carbons (Fsp3) is 0.429. The molecule has 112 valence electrons. The summed E-state index contributed by atoms with van der Waals surface area (Å²) in [6.45, 7) is 4.94. The number of amides is 4. The van der Waals surface area contributed by atoms with E-state index < -0.39 is 24.4 Å². The average molecular weight is 291 g/mol. The molecule has 0 aliphatic carbocycles. The molecule has 1 aromatic heterocycles. The Balaban J connectivity index is 2.24. The first-order chi connectivity index (χ1) is 9.79. The van der Waals surface area contributed by atoms with Crippen LogP contribution in [0.5, 0.6) is 0 Å². The summed E-state index contributed by atoms with van der Waals surface area (Å²) in [5, 5.41) is 0. The summed E-state index contributed by atoms with van der Waals surface area (Å²) in [6, 6.07) is 0.980. The number of aromatic nitrogens is 1. The normalized spacial score (nSPS) is 15.3. The Morgan fingerprint density at radius 3 is 2.10 bits per heavy atom. The maximum Gasteiger partial charge on any atom is 0.334 e. The minimum Gasteiger partial charge on any atom is -0.351 e. The van der Waals surface area contributed by atoms with Crippen LogP contribution in [0, 0.1) is 13.8 Å². The summed E-state index contributed by atoms with van der Waals surface area (Å²) in [4.78, 5) is 49.1. The number of hydrogen-bond acceptors (Lipinski definition) is 4. The van der Waals surface area contributed by atoms with Gasteiger partial charge in [-0.25, -0.2) is 9.69 Å². The summed E-state index contributed by atoms with van der Waals surface area (Å²) in [5.74, 6) is -2.18. The number of urea groups is 1. The lowest BCUT2D eigenvalue weighted by atomic mass is 10.1. The average Bonchev–Trinajstić information content (AvgIpc) is 2.81. The zero-order valence-electron chi connectivity index (χ0n) is 12.5. The van der Waals surface area contributed by atoms with Crippen molar-refractivity contribution < 1.29 is 19.2 Å². The van der Waals surface area contributed by atoms with Crippen LogP contribution in [0.3, 0.4) is 0 Å². The zero-order valence-corrected chi connectivity index (χ0v) is 12.5. The van der Waals surface area contributed by atoms with Crippen LogP contribution in [0.1, 0.15) is 28.7 Å². The van der Waals surface area contributed by atoms with Gasteiger partial charge in [-0.3, -0.25) is 19.3 Å². The van der Waals surface area contributed by atoms with Gasteiger partial charge in [0.2, 0.25) is 0 Å². The summed E-state index contributed by atoms with van der Waals surface area (Å²) in [5.41, 5.74) is 2.12. The van der Waals surface area contributed by atoms with E-state index in [-0.39, 0.29) is 12.3 Å². The van der Waals surface area contributed by atoms with Crippen LogP contribution in [0.2, 0.25) is 0 Å². The van der Waals surface area contributed by atoms with Crippen LogP contribution in [0.4, 0.5) is 4.79 Å². The van der Waals surface area contributed by atoms with Gasteiger partial charge in [0.25, 0.3) is 0 Å². The molecule has 7 heteroatoms. The largest absolute Gasteiger partial charge is 0.351 e. The van der Waals surface area contributed by atoms with E-state index in [0.29, 0.717) is 10.5 Å². The predicted octanol–water partition coefficient (Wildman–Crippen LogP) is 0.635. The molecule has 1 aliphatic heterocycles. The van der Waals surface area contributed by atoms with E-state index in [0.717, 1.165) is 16.3 Å². The Morgan fingerprint density at radius 1 is 1.10 bits per heavy atom. The first kappa shape index (κ1) is 15.0. The molecule has 7 nitrogen and oxygen atoms in total. The molecule has 0 saturated carbocycles. The van der Waals surface area contributed by atoms with E-state index in [9.17, 15) is 19.2 Å². The Kier molecular flexibility index (Phi) is 3.67. The van der Waals surface area contributed by atoms with Crippen molar-refractivity contribution >= 4 is 23.6 Å².